The molecular weight excluding hydrogens is 392 g/mol. The van der Waals surface area contributed by atoms with Crippen molar-refractivity contribution in [2.45, 2.75) is 76.7 Å². The van der Waals surface area contributed by atoms with Crippen molar-refractivity contribution in [1.82, 2.24) is 0 Å². The van der Waals surface area contributed by atoms with Crippen LogP contribution in [-0.4, -0.2) is 6.61 Å². The summed E-state index contributed by atoms with van der Waals surface area (Å²) in [5.74, 6) is 0.949. The second-order valence-electron chi connectivity index (χ2n) is 9.71. The Morgan fingerprint density at radius 2 is 1.33 bits per heavy atom. The van der Waals surface area contributed by atoms with Crippen molar-refractivity contribution < 1.29 is 22.3 Å². The third-order valence-electron chi connectivity index (χ3n) is 8.16. The SMILES string of the molecule is C=CC1CCC2CC(C3CCC(c4cc(F)c(OC(F)F)c(F)c4)CC3)CCC2C1. The van der Waals surface area contributed by atoms with E-state index in [0.717, 1.165) is 43.4 Å². The summed E-state index contributed by atoms with van der Waals surface area (Å²) in [5, 5.41) is 0. The molecule has 4 unspecified atom stereocenters. The second-order valence-corrected chi connectivity index (χ2v) is 9.71. The van der Waals surface area contributed by atoms with E-state index in [2.05, 4.69) is 17.4 Å². The second kappa shape index (κ2) is 9.32. The van der Waals surface area contributed by atoms with Gasteiger partial charge in [-0.1, -0.05) is 6.08 Å². The largest absolute Gasteiger partial charge is 0.429 e. The van der Waals surface area contributed by atoms with Gasteiger partial charge in [0.2, 0.25) is 0 Å². The average molecular weight is 425 g/mol. The van der Waals surface area contributed by atoms with Gasteiger partial charge in [0.25, 0.3) is 0 Å². The molecule has 3 fully saturated rings. The summed E-state index contributed by atoms with van der Waals surface area (Å²) < 4.78 is 56.9. The van der Waals surface area contributed by atoms with Crippen molar-refractivity contribution in [3.05, 3.63) is 42.0 Å². The predicted octanol–water partition coefficient (Wildman–Crippen LogP) is 7.86. The maximum absolute atomic E-state index is 14.1. The molecular formula is C25H32F4O. The van der Waals surface area contributed by atoms with Crippen molar-refractivity contribution in [2.24, 2.45) is 29.6 Å². The molecule has 0 bridgehead atoms. The number of allylic oxidation sites excluding steroid dienone is 1. The lowest BCUT2D eigenvalue weighted by molar-refractivity contribution is -0.0546. The first kappa shape index (κ1) is 21.7. The summed E-state index contributed by atoms with van der Waals surface area (Å²) >= 11 is 0. The van der Waals surface area contributed by atoms with Gasteiger partial charge in [-0.2, -0.15) is 8.78 Å². The topological polar surface area (TPSA) is 9.23 Å². The van der Waals surface area contributed by atoms with E-state index in [0.29, 0.717) is 17.4 Å². The molecule has 1 nitrogen and oxygen atoms in total. The monoisotopic (exact) mass is 424 g/mol. The van der Waals surface area contributed by atoms with Crippen LogP contribution in [0.4, 0.5) is 17.6 Å². The van der Waals surface area contributed by atoms with E-state index in [-0.39, 0.29) is 5.92 Å². The van der Waals surface area contributed by atoms with E-state index in [9.17, 15) is 17.6 Å². The maximum atomic E-state index is 14.1. The minimum Gasteiger partial charge on any atom is -0.429 e. The highest BCUT2D eigenvalue weighted by Crippen LogP contribution is 2.50. The lowest BCUT2D eigenvalue weighted by Gasteiger charge is -2.45. The first-order valence-corrected chi connectivity index (χ1v) is 11.5. The van der Waals surface area contributed by atoms with Crippen LogP contribution in [0.5, 0.6) is 5.75 Å². The van der Waals surface area contributed by atoms with Gasteiger partial charge in [-0.05, 0) is 117 Å². The number of ether oxygens (including phenoxy) is 1. The first-order valence-electron chi connectivity index (χ1n) is 11.5. The fourth-order valence-electron chi connectivity index (χ4n) is 6.54. The number of hydrogen-bond acceptors (Lipinski definition) is 1. The molecule has 0 spiro atoms. The van der Waals surface area contributed by atoms with Gasteiger partial charge >= 0.3 is 6.61 Å². The summed E-state index contributed by atoms with van der Waals surface area (Å²) in [5.41, 5.74) is 0.566. The Morgan fingerprint density at radius 3 is 1.93 bits per heavy atom. The molecule has 5 heteroatoms. The van der Waals surface area contributed by atoms with E-state index in [1.807, 2.05) is 0 Å². The highest BCUT2D eigenvalue weighted by Gasteiger charge is 2.38. The van der Waals surface area contributed by atoms with Gasteiger partial charge < -0.3 is 4.74 Å². The molecule has 0 radical (unpaired) electrons. The molecule has 3 aliphatic carbocycles. The van der Waals surface area contributed by atoms with E-state index < -0.39 is 24.0 Å². The van der Waals surface area contributed by atoms with Gasteiger partial charge in [-0.15, -0.1) is 6.58 Å². The molecule has 1 aromatic rings. The molecule has 166 valence electrons. The normalized spacial score (nSPS) is 34.4. The van der Waals surface area contributed by atoms with Crippen molar-refractivity contribution in [1.29, 1.82) is 0 Å². The van der Waals surface area contributed by atoms with E-state index in [4.69, 9.17) is 0 Å². The van der Waals surface area contributed by atoms with Crippen LogP contribution in [0.3, 0.4) is 0 Å². The quantitative estimate of drug-likeness (QED) is 0.345. The van der Waals surface area contributed by atoms with Crippen LogP contribution in [0.2, 0.25) is 0 Å². The maximum Gasteiger partial charge on any atom is 0.387 e. The average Bonchev–Trinajstić information content (AvgIpc) is 2.75. The summed E-state index contributed by atoms with van der Waals surface area (Å²) in [6.07, 6.45) is 14.0. The molecule has 0 amide bonds. The van der Waals surface area contributed by atoms with Gasteiger partial charge in [0.05, 0.1) is 0 Å². The van der Waals surface area contributed by atoms with Gasteiger partial charge in [0.1, 0.15) is 0 Å². The summed E-state index contributed by atoms with van der Waals surface area (Å²) in [7, 11) is 0. The zero-order valence-corrected chi connectivity index (χ0v) is 17.5. The molecule has 4 atom stereocenters. The Hall–Kier alpha value is -1.52. The van der Waals surface area contributed by atoms with Crippen LogP contribution in [0.25, 0.3) is 0 Å². The van der Waals surface area contributed by atoms with Crippen molar-refractivity contribution in [3.8, 4) is 5.75 Å². The molecule has 0 aliphatic heterocycles. The third kappa shape index (κ3) is 4.70. The number of halogens is 4. The molecule has 0 aromatic heterocycles. The molecule has 1 aromatic carbocycles. The van der Waals surface area contributed by atoms with E-state index in [1.54, 1.807) is 0 Å². The highest BCUT2D eigenvalue weighted by molar-refractivity contribution is 5.33. The Kier molecular flexibility index (Phi) is 6.74. The van der Waals surface area contributed by atoms with E-state index in [1.165, 1.54) is 50.7 Å². The standard InChI is InChI=1S/C25H32F4O/c1-2-15-3-4-20-12-19(10-9-18(20)11-15)16-5-7-17(8-6-16)21-13-22(26)24(23(27)14-21)30-25(28)29/h2,13-20,25H,1,3-12H2. The zero-order chi connectivity index (χ0) is 21.3. The highest BCUT2D eigenvalue weighted by atomic mass is 19.3. The van der Waals surface area contributed by atoms with Crippen LogP contribution < -0.4 is 4.74 Å². The molecule has 0 N–H and O–H groups in total. The van der Waals surface area contributed by atoms with Crippen LogP contribution in [0.15, 0.2) is 24.8 Å². The van der Waals surface area contributed by atoms with E-state index >= 15 is 0 Å². The predicted molar refractivity (Wildman–Crippen MR) is 110 cm³/mol. The Bertz CT molecular complexity index is 718. The first-order chi connectivity index (χ1) is 14.4. The minimum atomic E-state index is -3.24. The fourth-order valence-corrected chi connectivity index (χ4v) is 6.54. The molecule has 0 heterocycles. The molecule has 3 saturated carbocycles. The van der Waals surface area contributed by atoms with Crippen molar-refractivity contribution in [3.63, 3.8) is 0 Å². The summed E-state index contributed by atoms with van der Waals surface area (Å²) in [4.78, 5) is 0. The third-order valence-corrected chi connectivity index (χ3v) is 8.16. The van der Waals surface area contributed by atoms with Crippen molar-refractivity contribution in [2.75, 3.05) is 0 Å². The van der Waals surface area contributed by atoms with Gasteiger partial charge in [-0.25, -0.2) is 8.78 Å². The molecule has 0 saturated heterocycles. The van der Waals surface area contributed by atoms with Crippen LogP contribution in [-0.2, 0) is 0 Å². The number of benzene rings is 1. The van der Waals surface area contributed by atoms with Gasteiger partial charge in [0, 0.05) is 0 Å². The zero-order valence-electron chi connectivity index (χ0n) is 17.5. The lowest BCUT2D eigenvalue weighted by atomic mass is 9.61. The number of rotatable bonds is 5. The smallest absolute Gasteiger partial charge is 0.387 e. The molecule has 30 heavy (non-hydrogen) atoms. The number of hydrogen-bond donors (Lipinski definition) is 0. The minimum absolute atomic E-state index is 0.0882. The number of fused-ring (bicyclic) bond motifs is 1. The van der Waals surface area contributed by atoms with Gasteiger partial charge in [-0.3, -0.25) is 0 Å². The van der Waals surface area contributed by atoms with Crippen LogP contribution in [0, 0.1) is 41.2 Å². The number of alkyl halides is 2. The Morgan fingerprint density at radius 1 is 0.800 bits per heavy atom. The summed E-state index contributed by atoms with van der Waals surface area (Å²) in [6.45, 7) is 0.745. The van der Waals surface area contributed by atoms with Crippen LogP contribution in [0.1, 0.15) is 75.7 Å². The Labute approximate surface area is 176 Å². The molecule has 4 rings (SSSR count). The Balaban J connectivity index is 1.33. The van der Waals surface area contributed by atoms with Crippen LogP contribution >= 0.6 is 0 Å². The van der Waals surface area contributed by atoms with Crippen molar-refractivity contribution >= 4 is 0 Å². The fraction of sp³-hybridized carbons (Fsp3) is 0.680. The summed E-state index contributed by atoms with van der Waals surface area (Å²) in [6, 6.07) is 2.35. The van der Waals surface area contributed by atoms with Gasteiger partial charge in [0.15, 0.2) is 17.4 Å². The molecule has 3 aliphatic rings. The lowest BCUT2D eigenvalue weighted by Crippen LogP contribution is -2.34.